The molecular weight excluding hydrogens is 252 g/mol. The van der Waals surface area contributed by atoms with E-state index in [1.807, 2.05) is 18.2 Å². The van der Waals surface area contributed by atoms with Gasteiger partial charge in [0.1, 0.15) is 17.1 Å². The van der Waals surface area contributed by atoms with Crippen LogP contribution in [0.25, 0.3) is 0 Å². The summed E-state index contributed by atoms with van der Waals surface area (Å²) in [7, 11) is 0. The fraction of sp³-hybridized carbons (Fsp3) is 0.235. The molecule has 0 aliphatic rings. The van der Waals surface area contributed by atoms with E-state index in [0.717, 1.165) is 24.8 Å². The second-order valence-electron chi connectivity index (χ2n) is 4.62. The molecule has 0 fully saturated rings. The van der Waals surface area contributed by atoms with Gasteiger partial charge in [0.2, 0.25) is 0 Å². The van der Waals surface area contributed by atoms with Crippen LogP contribution in [0.5, 0.6) is 11.5 Å². The van der Waals surface area contributed by atoms with Crippen LogP contribution in [0.1, 0.15) is 35.7 Å². The summed E-state index contributed by atoms with van der Waals surface area (Å²) in [6.45, 7) is 2.12. The maximum absolute atomic E-state index is 12.1. The van der Waals surface area contributed by atoms with Crippen molar-refractivity contribution in [2.24, 2.45) is 0 Å². The zero-order valence-corrected chi connectivity index (χ0v) is 11.5. The predicted octanol–water partition coefficient (Wildman–Crippen LogP) is 3.95. The van der Waals surface area contributed by atoms with Crippen molar-refractivity contribution >= 4 is 5.97 Å². The number of rotatable bonds is 5. The number of unbranched alkanes of at least 4 members (excludes halogenated alkanes) is 1. The number of phenols is 1. The third-order valence-corrected chi connectivity index (χ3v) is 3.10. The van der Waals surface area contributed by atoms with E-state index >= 15 is 0 Å². The molecule has 0 aliphatic heterocycles. The number of phenolic OH excluding ortho intramolecular Hbond substituents is 1. The monoisotopic (exact) mass is 270 g/mol. The summed E-state index contributed by atoms with van der Waals surface area (Å²) in [5, 5.41) is 9.67. The van der Waals surface area contributed by atoms with Crippen LogP contribution in [0.2, 0.25) is 0 Å². The van der Waals surface area contributed by atoms with Crippen molar-refractivity contribution in [1.29, 1.82) is 0 Å². The number of para-hydroxylation sites is 2. The van der Waals surface area contributed by atoms with Crippen LogP contribution in [0, 0.1) is 0 Å². The third kappa shape index (κ3) is 3.38. The molecule has 3 heteroatoms. The number of aryl methyl sites for hydroxylation is 1. The molecular formula is C17H18O3. The first-order chi connectivity index (χ1) is 9.72. The highest BCUT2D eigenvalue weighted by Crippen LogP contribution is 2.23. The lowest BCUT2D eigenvalue weighted by Crippen LogP contribution is -2.10. The smallest absolute Gasteiger partial charge is 0.347 e. The average Bonchev–Trinajstić information content (AvgIpc) is 2.46. The van der Waals surface area contributed by atoms with Crippen LogP contribution >= 0.6 is 0 Å². The molecule has 0 atom stereocenters. The van der Waals surface area contributed by atoms with Gasteiger partial charge in [-0.25, -0.2) is 4.79 Å². The van der Waals surface area contributed by atoms with Crippen molar-refractivity contribution in [3.05, 3.63) is 59.7 Å². The van der Waals surface area contributed by atoms with Crippen molar-refractivity contribution < 1.29 is 14.6 Å². The van der Waals surface area contributed by atoms with E-state index in [0.29, 0.717) is 5.75 Å². The normalized spacial score (nSPS) is 10.2. The lowest BCUT2D eigenvalue weighted by molar-refractivity contribution is 0.0730. The SMILES string of the molecule is CCCCc1ccccc1OC(=O)c1ccccc1O. The number of hydrogen-bond acceptors (Lipinski definition) is 3. The van der Waals surface area contributed by atoms with Gasteiger partial charge in [0.15, 0.2) is 0 Å². The van der Waals surface area contributed by atoms with Crippen molar-refractivity contribution in [2.45, 2.75) is 26.2 Å². The number of esters is 1. The Morgan fingerprint density at radius 2 is 1.80 bits per heavy atom. The zero-order valence-electron chi connectivity index (χ0n) is 11.5. The second-order valence-corrected chi connectivity index (χ2v) is 4.62. The molecule has 0 heterocycles. The predicted molar refractivity (Wildman–Crippen MR) is 78.1 cm³/mol. The molecule has 0 radical (unpaired) electrons. The summed E-state index contributed by atoms with van der Waals surface area (Å²) >= 11 is 0. The van der Waals surface area contributed by atoms with Crippen LogP contribution in [-0.2, 0) is 6.42 Å². The molecule has 0 amide bonds. The number of carbonyl (C=O) groups is 1. The fourth-order valence-electron chi connectivity index (χ4n) is 1.98. The summed E-state index contributed by atoms with van der Waals surface area (Å²) in [6, 6.07) is 13.9. The zero-order chi connectivity index (χ0) is 14.4. The minimum absolute atomic E-state index is 0.0662. The number of benzene rings is 2. The molecule has 0 saturated heterocycles. The van der Waals surface area contributed by atoms with Gasteiger partial charge in [-0.3, -0.25) is 0 Å². The summed E-state index contributed by atoms with van der Waals surface area (Å²) in [5.74, 6) is -0.0372. The fourth-order valence-corrected chi connectivity index (χ4v) is 1.98. The van der Waals surface area contributed by atoms with E-state index in [9.17, 15) is 9.90 Å². The van der Waals surface area contributed by atoms with E-state index < -0.39 is 5.97 Å². The molecule has 1 N–H and O–H groups in total. The van der Waals surface area contributed by atoms with Gasteiger partial charge in [-0.15, -0.1) is 0 Å². The molecule has 2 aromatic carbocycles. The number of aromatic hydroxyl groups is 1. The van der Waals surface area contributed by atoms with Gasteiger partial charge in [0, 0.05) is 0 Å². The second kappa shape index (κ2) is 6.75. The highest BCUT2D eigenvalue weighted by Gasteiger charge is 2.14. The average molecular weight is 270 g/mol. The van der Waals surface area contributed by atoms with E-state index in [4.69, 9.17) is 4.74 Å². The van der Waals surface area contributed by atoms with Crippen LogP contribution in [0.3, 0.4) is 0 Å². The highest BCUT2D eigenvalue weighted by molar-refractivity contribution is 5.93. The molecule has 0 bridgehead atoms. The van der Waals surface area contributed by atoms with Gasteiger partial charge < -0.3 is 9.84 Å². The lowest BCUT2D eigenvalue weighted by atomic mass is 10.1. The van der Waals surface area contributed by atoms with Crippen molar-refractivity contribution in [2.75, 3.05) is 0 Å². The molecule has 20 heavy (non-hydrogen) atoms. The van der Waals surface area contributed by atoms with E-state index in [1.165, 1.54) is 6.07 Å². The first-order valence-corrected chi connectivity index (χ1v) is 6.80. The number of ether oxygens (including phenoxy) is 1. The molecule has 2 rings (SSSR count). The van der Waals surface area contributed by atoms with E-state index in [1.54, 1.807) is 24.3 Å². The summed E-state index contributed by atoms with van der Waals surface area (Å²) in [6.07, 6.45) is 3.01. The van der Waals surface area contributed by atoms with Crippen LogP contribution in [0.4, 0.5) is 0 Å². The Hall–Kier alpha value is -2.29. The first-order valence-electron chi connectivity index (χ1n) is 6.80. The Kier molecular flexibility index (Phi) is 4.77. The summed E-state index contributed by atoms with van der Waals surface area (Å²) in [5.41, 5.74) is 1.19. The van der Waals surface area contributed by atoms with Crippen molar-refractivity contribution in [1.82, 2.24) is 0 Å². The maximum atomic E-state index is 12.1. The minimum Gasteiger partial charge on any atom is -0.507 e. The molecule has 0 aromatic heterocycles. The Bertz CT molecular complexity index is 590. The molecule has 0 spiro atoms. The first kappa shape index (κ1) is 14.1. The van der Waals surface area contributed by atoms with Crippen LogP contribution < -0.4 is 4.74 Å². The molecule has 0 aliphatic carbocycles. The highest BCUT2D eigenvalue weighted by atomic mass is 16.5. The van der Waals surface area contributed by atoms with Crippen molar-refractivity contribution in [3.8, 4) is 11.5 Å². The molecule has 0 unspecified atom stereocenters. The summed E-state index contributed by atoms with van der Waals surface area (Å²) in [4.78, 5) is 12.1. The minimum atomic E-state index is -0.535. The van der Waals surface area contributed by atoms with E-state index in [-0.39, 0.29) is 11.3 Å². The topological polar surface area (TPSA) is 46.5 Å². The van der Waals surface area contributed by atoms with Gasteiger partial charge >= 0.3 is 5.97 Å². The third-order valence-electron chi connectivity index (χ3n) is 3.10. The van der Waals surface area contributed by atoms with Gasteiger partial charge in [0.25, 0.3) is 0 Å². The Morgan fingerprint density at radius 3 is 2.55 bits per heavy atom. The van der Waals surface area contributed by atoms with Gasteiger partial charge in [-0.1, -0.05) is 43.7 Å². The maximum Gasteiger partial charge on any atom is 0.347 e. The van der Waals surface area contributed by atoms with Crippen LogP contribution in [0.15, 0.2) is 48.5 Å². The Morgan fingerprint density at radius 1 is 1.10 bits per heavy atom. The van der Waals surface area contributed by atoms with Gasteiger partial charge in [-0.05, 0) is 36.6 Å². The lowest BCUT2D eigenvalue weighted by Gasteiger charge is -2.10. The number of carbonyl (C=O) groups excluding carboxylic acids is 1. The molecule has 3 nitrogen and oxygen atoms in total. The summed E-state index contributed by atoms with van der Waals surface area (Å²) < 4.78 is 5.41. The van der Waals surface area contributed by atoms with Crippen LogP contribution in [-0.4, -0.2) is 11.1 Å². The molecule has 2 aromatic rings. The Balaban J connectivity index is 2.18. The Labute approximate surface area is 118 Å². The van der Waals surface area contributed by atoms with Gasteiger partial charge in [-0.2, -0.15) is 0 Å². The molecule has 104 valence electrons. The van der Waals surface area contributed by atoms with Gasteiger partial charge in [0.05, 0.1) is 0 Å². The van der Waals surface area contributed by atoms with Crippen molar-refractivity contribution in [3.63, 3.8) is 0 Å². The number of hydrogen-bond donors (Lipinski definition) is 1. The largest absolute Gasteiger partial charge is 0.507 e. The standard InChI is InChI=1S/C17H18O3/c1-2-3-8-13-9-4-7-12-16(13)20-17(19)14-10-5-6-11-15(14)18/h4-7,9-12,18H,2-3,8H2,1H3. The molecule has 0 saturated carbocycles. The van der Waals surface area contributed by atoms with E-state index in [2.05, 4.69) is 6.92 Å². The quantitative estimate of drug-likeness (QED) is 0.661.